The van der Waals surface area contributed by atoms with Crippen LogP contribution in [0.4, 0.5) is 0 Å². The van der Waals surface area contributed by atoms with Gasteiger partial charge in [0.05, 0.1) is 19.8 Å². The van der Waals surface area contributed by atoms with Gasteiger partial charge in [0.2, 0.25) is 5.91 Å². The van der Waals surface area contributed by atoms with Crippen LogP contribution in [0.15, 0.2) is 53.1 Å². The normalized spacial score (nSPS) is 11.2. The van der Waals surface area contributed by atoms with E-state index in [0.717, 1.165) is 40.0 Å². The van der Waals surface area contributed by atoms with Crippen LogP contribution in [0.1, 0.15) is 16.7 Å². The molecule has 1 aromatic heterocycles. The van der Waals surface area contributed by atoms with Gasteiger partial charge in [0.1, 0.15) is 11.3 Å². The molecule has 0 atom stereocenters. The van der Waals surface area contributed by atoms with Crippen LogP contribution in [-0.2, 0) is 17.8 Å². The number of rotatable bonds is 8. The number of amides is 1. The highest BCUT2D eigenvalue weighted by Crippen LogP contribution is 2.24. The van der Waals surface area contributed by atoms with Gasteiger partial charge in [-0.15, -0.1) is 0 Å². The van der Waals surface area contributed by atoms with Crippen molar-refractivity contribution in [1.82, 2.24) is 9.80 Å². The molecule has 5 nitrogen and oxygen atoms in total. The van der Waals surface area contributed by atoms with Crippen LogP contribution in [0.2, 0.25) is 0 Å². The molecule has 0 aliphatic carbocycles. The number of ether oxygens (including phenoxy) is 1. The summed E-state index contributed by atoms with van der Waals surface area (Å²) in [6.45, 7) is 4.00. The number of para-hydroxylation sites is 1. The lowest BCUT2D eigenvalue weighted by molar-refractivity contribution is -0.131. The monoisotopic (exact) mass is 380 g/mol. The Hall–Kier alpha value is -2.79. The third kappa shape index (κ3) is 4.73. The number of carbonyl (C=O) groups is 1. The summed E-state index contributed by atoms with van der Waals surface area (Å²) in [5.74, 6) is 0.880. The van der Waals surface area contributed by atoms with Gasteiger partial charge in [-0.2, -0.15) is 0 Å². The summed E-state index contributed by atoms with van der Waals surface area (Å²) in [5, 5.41) is 1.00. The molecule has 0 aliphatic heterocycles. The number of hydrogen-bond acceptors (Lipinski definition) is 4. The fraction of sp³-hybridized carbons (Fsp3) is 0.348. The van der Waals surface area contributed by atoms with Crippen molar-refractivity contribution in [3.8, 4) is 5.75 Å². The Morgan fingerprint density at radius 1 is 1.07 bits per heavy atom. The average Bonchev–Trinajstić information content (AvgIpc) is 3.06. The van der Waals surface area contributed by atoms with Crippen LogP contribution in [0.3, 0.4) is 0 Å². The maximum atomic E-state index is 13.2. The Kier molecular flexibility index (Phi) is 6.37. The molecule has 0 N–H and O–H groups in total. The van der Waals surface area contributed by atoms with Crippen molar-refractivity contribution in [3.05, 3.63) is 65.4 Å². The molecule has 2 aromatic carbocycles. The molecule has 28 heavy (non-hydrogen) atoms. The van der Waals surface area contributed by atoms with E-state index in [1.165, 1.54) is 0 Å². The third-order valence-corrected chi connectivity index (χ3v) is 4.88. The fourth-order valence-electron chi connectivity index (χ4n) is 3.25. The molecule has 0 bridgehead atoms. The minimum Gasteiger partial charge on any atom is -0.496 e. The first kappa shape index (κ1) is 20.0. The Morgan fingerprint density at radius 2 is 1.86 bits per heavy atom. The Morgan fingerprint density at radius 3 is 2.61 bits per heavy atom. The number of likely N-dealkylation sites (N-methyl/N-ethyl adjacent to an activating group) is 1. The first-order valence-corrected chi connectivity index (χ1v) is 9.49. The molecule has 1 heterocycles. The number of methoxy groups -OCH3 is 1. The molecule has 148 valence electrons. The van der Waals surface area contributed by atoms with Crippen molar-refractivity contribution in [2.45, 2.75) is 19.9 Å². The van der Waals surface area contributed by atoms with E-state index in [1.807, 2.05) is 68.4 Å². The first-order chi connectivity index (χ1) is 13.5. The summed E-state index contributed by atoms with van der Waals surface area (Å²) in [6, 6.07) is 13.9. The van der Waals surface area contributed by atoms with Crippen LogP contribution < -0.4 is 4.74 Å². The number of furan rings is 1. The van der Waals surface area contributed by atoms with Crippen molar-refractivity contribution in [1.29, 1.82) is 0 Å². The summed E-state index contributed by atoms with van der Waals surface area (Å²) >= 11 is 0. The molecule has 3 aromatic rings. The molecule has 0 radical (unpaired) electrons. The fourth-order valence-corrected chi connectivity index (χ4v) is 3.25. The van der Waals surface area contributed by atoms with Gasteiger partial charge in [0, 0.05) is 36.1 Å². The zero-order chi connectivity index (χ0) is 20.1. The van der Waals surface area contributed by atoms with Gasteiger partial charge < -0.3 is 19.0 Å². The zero-order valence-electron chi connectivity index (χ0n) is 17.1. The van der Waals surface area contributed by atoms with Crippen LogP contribution in [0.25, 0.3) is 11.0 Å². The standard InChI is InChI=1S/C23H28N2O3/c1-17-9-10-20-19(16-28-22(20)13-17)14-23(26)25(12-11-24(2)3)15-18-7-5-6-8-21(18)27-4/h5-10,13,16H,11-12,14-15H2,1-4H3. The molecule has 0 fully saturated rings. The Bertz CT molecular complexity index is 946. The number of fused-ring (bicyclic) bond motifs is 1. The third-order valence-electron chi connectivity index (χ3n) is 4.88. The predicted octanol–water partition coefficient (Wildman–Crippen LogP) is 3.88. The van der Waals surface area contributed by atoms with Crippen molar-refractivity contribution < 1.29 is 13.9 Å². The van der Waals surface area contributed by atoms with Crippen LogP contribution in [0.5, 0.6) is 5.75 Å². The van der Waals surface area contributed by atoms with E-state index in [1.54, 1.807) is 13.4 Å². The summed E-state index contributed by atoms with van der Waals surface area (Å²) < 4.78 is 11.1. The van der Waals surface area contributed by atoms with Gasteiger partial charge in [0.25, 0.3) is 0 Å². The van der Waals surface area contributed by atoms with Crippen molar-refractivity contribution >= 4 is 16.9 Å². The zero-order valence-corrected chi connectivity index (χ0v) is 17.1. The topological polar surface area (TPSA) is 45.9 Å². The summed E-state index contributed by atoms with van der Waals surface area (Å²) in [5.41, 5.74) is 3.90. The highest BCUT2D eigenvalue weighted by atomic mass is 16.5. The van der Waals surface area contributed by atoms with E-state index in [9.17, 15) is 4.79 Å². The molecule has 0 saturated carbocycles. The summed E-state index contributed by atoms with van der Waals surface area (Å²) in [4.78, 5) is 17.1. The number of carbonyl (C=O) groups excluding carboxylic acids is 1. The Balaban J connectivity index is 1.81. The maximum absolute atomic E-state index is 13.2. The lowest BCUT2D eigenvalue weighted by Gasteiger charge is -2.25. The van der Waals surface area contributed by atoms with Crippen molar-refractivity contribution in [2.75, 3.05) is 34.3 Å². The second-order valence-electron chi connectivity index (χ2n) is 7.37. The van der Waals surface area contributed by atoms with Gasteiger partial charge in [-0.3, -0.25) is 4.79 Å². The largest absolute Gasteiger partial charge is 0.496 e. The van der Waals surface area contributed by atoms with Gasteiger partial charge in [-0.25, -0.2) is 0 Å². The number of nitrogens with zero attached hydrogens (tertiary/aromatic N) is 2. The van der Waals surface area contributed by atoms with Gasteiger partial charge in [-0.05, 0) is 38.7 Å². The van der Waals surface area contributed by atoms with Gasteiger partial charge in [0.15, 0.2) is 0 Å². The number of hydrogen-bond donors (Lipinski definition) is 0. The molecule has 0 spiro atoms. The van der Waals surface area contributed by atoms with E-state index in [4.69, 9.17) is 9.15 Å². The molecular formula is C23H28N2O3. The molecule has 0 saturated heterocycles. The van der Waals surface area contributed by atoms with E-state index in [0.29, 0.717) is 19.5 Å². The lowest BCUT2D eigenvalue weighted by Crippen LogP contribution is -2.37. The molecular weight excluding hydrogens is 352 g/mol. The number of benzene rings is 2. The van der Waals surface area contributed by atoms with Crippen molar-refractivity contribution in [2.24, 2.45) is 0 Å². The molecule has 1 amide bonds. The Labute approximate surface area is 166 Å². The van der Waals surface area contributed by atoms with E-state index in [2.05, 4.69) is 4.90 Å². The quantitative estimate of drug-likeness (QED) is 0.595. The molecule has 0 aliphatic rings. The predicted molar refractivity (Wildman–Crippen MR) is 112 cm³/mol. The summed E-state index contributed by atoms with van der Waals surface area (Å²) in [7, 11) is 5.68. The first-order valence-electron chi connectivity index (χ1n) is 9.49. The second-order valence-corrected chi connectivity index (χ2v) is 7.37. The highest BCUT2D eigenvalue weighted by molar-refractivity contribution is 5.88. The van der Waals surface area contributed by atoms with E-state index >= 15 is 0 Å². The second kappa shape index (κ2) is 8.93. The SMILES string of the molecule is COc1ccccc1CN(CCN(C)C)C(=O)Cc1coc2cc(C)ccc12. The molecule has 0 unspecified atom stereocenters. The highest BCUT2D eigenvalue weighted by Gasteiger charge is 2.19. The molecule has 3 rings (SSSR count). The molecule has 5 heteroatoms. The van der Waals surface area contributed by atoms with Gasteiger partial charge >= 0.3 is 0 Å². The average molecular weight is 380 g/mol. The maximum Gasteiger partial charge on any atom is 0.227 e. The van der Waals surface area contributed by atoms with Crippen LogP contribution >= 0.6 is 0 Å². The van der Waals surface area contributed by atoms with E-state index in [-0.39, 0.29) is 5.91 Å². The van der Waals surface area contributed by atoms with Crippen LogP contribution in [0, 0.1) is 6.92 Å². The van der Waals surface area contributed by atoms with Gasteiger partial charge in [-0.1, -0.05) is 30.3 Å². The smallest absolute Gasteiger partial charge is 0.227 e. The summed E-state index contributed by atoms with van der Waals surface area (Å²) in [6.07, 6.45) is 2.02. The lowest BCUT2D eigenvalue weighted by atomic mass is 10.1. The van der Waals surface area contributed by atoms with E-state index < -0.39 is 0 Å². The van der Waals surface area contributed by atoms with Crippen molar-refractivity contribution in [3.63, 3.8) is 0 Å². The minimum atomic E-state index is 0.0797. The minimum absolute atomic E-state index is 0.0797. The number of aryl methyl sites for hydroxylation is 1. The van der Waals surface area contributed by atoms with Crippen LogP contribution in [-0.4, -0.2) is 50.0 Å².